The van der Waals surface area contributed by atoms with Gasteiger partial charge in [0.15, 0.2) is 0 Å². The Kier molecular flexibility index (Phi) is 4.58. The van der Waals surface area contributed by atoms with Gasteiger partial charge in [0.05, 0.1) is 6.85 Å². The molecule has 0 aromatic heterocycles. The van der Waals surface area contributed by atoms with Gasteiger partial charge in [-0.25, -0.2) is 0 Å². The van der Waals surface area contributed by atoms with Crippen LogP contribution >= 0.6 is 0 Å². The maximum Gasteiger partial charge on any atom is 0.260 e. The van der Waals surface area contributed by atoms with Crippen LogP contribution in [0.1, 0.15) is 33.2 Å². The largest absolute Gasteiger partial charge is 0.458 e. The molecule has 9 rings (SSSR count). The summed E-state index contributed by atoms with van der Waals surface area (Å²) in [6, 6.07) is 33.2. The third-order valence-electron chi connectivity index (χ3n) is 9.22. The molecule has 0 N–H and O–H groups in total. The second kappa shape index (κ2) is 9.61. The maximum atomic E-state index is 8.89. The average Bonchev–Trinajstić information content (AvgIpc) is 3.12. The number of rotatable bonds is 2. The lowest BCUT2D eigenvalue weighted by molar-refractivity contribution is 0.463. The summed E-state index contributed by atoms with van der Waals surface area (Å²) >= 11 is 0. The van der Waals surface area contributed by atoms with E-state index in [4.69, 9.17) is 16.3 Å². The predicted molar refractivity (Wildman–Crippen MR) is 189 cm³/mol. The Morgan fingerprint density at radius 3 is 1.69 bits per heavy atom. The molecule has 0 amide bonds. The van der Waals surface area contributed by atoms with E-state index in [1.165, 1.54) is 5.56 Å². The first kappa shape index (κ1) is 21.4. The Bertz CT molecular complexity index is 2520. The molecule has 0 spiro atoms. The molecule has 45 heavy (non-hydrogen) atoms. The SMILES string of the molecule is [2H]c1c([2H])c([2H])c(-c2c3ccccc3c(-c3cc4c5c(c3)Oc3cc(C(C)(C)C)ccc3B5c3ccccc3O4)c3ccccc23)c([2H])c1[2H]. The minimum absolute atomic E-state index is 0.0564. The number of benzene rings is 7. The minimum atomic E-state index is -0.409. The number of hydrogen-bond acceptors (Lipinski definition) is 2. The van der Waals surface area contributed by atoms with E-state index in [2.05, 4.69) is 63.2 Å². The van der Waals surface area contributed by atoms with E-state index >= 15 is 0 Å². The molecule has 0 radical (unpaired) electrons. The molecule has 0 atom stereocenters. The highest BCUT2D eigenvalue weighted by Crippen LogP contribution is 2.46. The average molecular weight is 584 g/mol. The lowest BCUT2D eigenvalue weighted by Crippen LogP contribution is -2.57. The molecule has 2 aliphatic rings. The molecule has 0 unspecified atom stereocenters. The van der Waals surface area contributed by atoms with Crippen molar-refractivity contribution in [1.29, 1.82) is 0 Å². The van der Waals surface area contributed by atoms with Crippen LogP contribution in [0.25, 0.3) is 43.8 Å². The Morgan fingerprint density at radius 1 is 0.533 bits per heavy atom. The third-order valence-corrected chi connectivity index (χ3v) is 9.22. The summed E-state index contributed by atoms with van der Waals surface area (Å²) in [6.45, 7) is 6.55. The van der Waals surface area contributed by atoms with Crippen LogP contribution in [0.2, 0.25) is 0 Å². The van der Waals surface area contributed by atoms with Crippen molar-refractivity contribution in [3.05, 3.63) is 139 Å². The molecule has 2 heterocycles. The van der Waals surface area contributed by atoms with E-state index in [-0.39, 0.29) is 41.9 Å². The van der Waals surface area contributed by atoms with Crippen LogP contribution in [0.4, 0.5) is 0 Å². The molecule has 0 bridgehead atoms. The van der Waals surface area contributed by atoms with Gasteiger partial charge in [-0.1, -0.05) is 130 Å². The minimum Gasteiger partial charge on any atom is -0.458 e. The smallest absolute Gasteiger partial charge is 0.260 e. The zero-order valence-electron chi connectivity index (χ0n) is 30.2. The zero-order valence-corrected chi connectivity index (χ0v) is 25.2. The van der Waals surface area contributed by atoms with Gasteiger partial charge < -0.3 is 9.47 Å². The van der Waals surface area contributed by atoms with Crippen molar-refractivity contribution >= 4 is 44.6 Å². The molecular formula is C42H31BO2. The Morgan fingerprint density at radius 2 is 1.07 bits per heavy atom. The molecule has 0 saturated carbocycles. The number of para-hydroxylation sites is 1. The lowest BCUT2D eigenvalue weighted by Gasteiger charge is -2.34. The van der Waals surface area contributed by atoms with Gasteiger partial charge in [-0.3, -0.25) is 0 Å². The normalized spacial score (nSPS) is 14.6. The van der Waals surface area contributed by atoms with Crippen LogP contribution in [0.5, 0.6) is 23.0 Å². The first-order valence-electron chi connectivity index (χ1n) is 17.8. The molecule has 0 aliphatic carbocycles. The fourth-order valence-electron chi connectivity index (χ4n) is 7.14. The Balaban J connectivity index is 1.35. The highest BCUT2D eigenvalue weighted by Gasteiger charge is 2.40. The fraction of sp³-hybridized carbons (Fsp3) is 0.0952. The van der Waals surface area contributed by atoms with Crippen molar-refractivity contribution in [3.8, 4) is 45.3 Å². The summed E-state index contributed by atoms with van der Waals surface area (Å²) in [5, 5.41) is 3.35. The molecule has 2 aliphatic heterocycles. The van der Waals surface area contributed by atoms with Crippen molar-refractivity contribution in [2.24, 2.45) is 0 Å². The van der Waals surface area contributed by atoms with Gasteiger partial charge >= 0.3 is 0 Å². The summed E-state index contributed by atoms with van der Waals surface area (Å²) in [6.07, 6.45) is 0. The van der Waals surface area contributed by atoms with Crippen LogP contribution in [0.15, 0.2) is 133 Å². The number of hydrogen-bond donors (Lipinski definition) is 0. The first-order chi connectivity index (χ1) is 24.0. The molecule has 0 saturated heterocycles. The topological polar surface area (TPSA) is 18.5 Å². The Hall–Kier alpha value is -5.28. The van der Waals surface area contributed by atoms with Gasteiger partial charge in [-0.2, -0.15) is 0 Å². The van der Waals surface area contributed by atoms with Crippen LogP contribution in [-0.4, -0.2) is 6.71 Å². The monoisotopic (exact) mass is 583 g/mol. The van der Waals surface area contributed by atoms with E-state index in [9.17, 15) is 0 Å². The van der Waals surface area contributed by atoms with Gasteiger partial charge in [-0.05, 0) is 90.0 Å². The van der Waals surface area contributed by atoms with E-state index in [1.54, 1.807) is 0 Å². The van der Waals surface area contributed by atoms with Gasteiger partial charge in [0.25, 0.3) is 6.71 Å². The van der Waals surface area contributed by atoms with Gasteiger partial charge in [-0.15, -0.1) is 0 Å². The molecule has 0 fully saturated rings. The van der Waals surface area contributed by atoms with E-state index in [0.29, 0.717) is 5.56 Å². The van der Waals surface area contributed by atoms with Crippen molar-refractivity contribution in [3.63, 3.8) is 0 Å². The second-order valence-electron chi connectivity index (χ2n) is 12.9. The number of fused-ring (bicyclic) bond motifs is 6. The van der Waals surface area contributed by atoms with Gasteiger partial charge in [0.2, 0.25) is 0 Å². The van der Waals surface area contributed by atoms with Crippen LogP contribution < -0.4 is 25.9 Å². The summed E-state index contributed by atoms with van der Waals surface area (Å²) in [7, 11) is 0. The third kappa shape index (κ3) is 3.97. The fourth-order valence-corrected chi connectivity index (χ4v) is 7.14. The van der Waals surface area contributed by atoms with Crippen molar-refractivity contribution < 1.29 is 16.3 Å². The van der Waals surface area contributed by atoms with Crippen LogP contribution in [0.3, 0.4) is 0 Å². The first-order valence-corrected chi connectivity index (χ1v) is 15.3. The maximum absolute atomic E-state index is 8.89. The van der Waals surface area contributed by atoms with Crippen molar-refractivity contribution in [1.82, 2.24) is 0 Å². The van der Waals surface area contributed by atoms with E-state index in [1.807, 2.05) is 60.7 Å². The van der Waals surface area contributed by atoms with Crippen LogP contribution in [-0.2, 0) is 5.41 Å². The number of ether oxygens (including phenoxy) is 2. The van der Waals surface area contributed by atoms with Gasteiger partial charge in [0.1, 0.15) is 23.0 Å². The highest BCUT2D eigenvalue weighted by molar-refractivity contribution is 6.98. The summed E-state index contributed by atoms with van der Waals surface area (Å²) in [5.41, 5.74) is 6.98. The highest BCUT2D eigenvalue weighted by atomic mass is 16.5. The van der Waals surface area contributed by atoms with Gasteiger partial charge in [0, 0.05) is 5.46 Å². The Labute approximate surface area is 271 Å². The van der Waals surface area contributed by atoms with E-state index in [0.717, 1.165) is 72.1 Å². The second-order valence-corrected chi connectivity index (χ2v) is 12.9. The van der Waals surface area contributed by atoms with Crippen molar-refractivity contribution in [2.45, 2.75) is 26.2 Å². The summed E-state index contributed by atoms with van der Waals surface area (Å²) in [5.74, 6) is 3.11. The molecule has 7 aromatic carbocycles. The predicted octanol–water partition coefficient (Wildman–Crippen LogP) is 9.35. The quantitative estimate of drug-likeness (QED) is 0.149. The molecule has 214 valence electrons. The molecular weight excluding hydrogens is 547 g/mol. The molecule has 7 aromatic rings. The lowest BCUT2D eigenvalue weighted by atomic mass is 9.34. The van der Waals surface area contributed by atoms with Crippen LogP contribution in [0, 0.1) is 0 Å². The van der Waals surface area contributed by atoms with Crippen molar-refractivity contribution in [2.75, 3.05) is 0 Å². The van der Waals surface area contributed by atoms with E-state index < -0.39 is 6.04 Å². The summed E-state index contributed by atoms with van der Waals surface area (Å²) in [4.78, 5) is 0. The summed E-state index contributed by atoms with van der Waals surface area (Å²) < 4.78 is 56.4. The molecule has 2 nitrogen and oxygen atoms in total. The standard InChI is InChI=1S/C42H31BO2/c1-42(2,3)28-21-22-34-36(25-28)45-38-24-27(23-37-41(38)43(34)33-19-11-12-20-35(33)44-37)40-31-17-9-7-15-29(31)39(26-13-5-4-6-14-26)30-16-8-10-18-32(30)40/h4-25H,1-3H3/i4D,5D,6D,13D,14D. The molecule has 3 heteroatoms. The zero-order chi connectivity index (χ0) is 34.6.